The van der Waals surface area contributed by atoms with E-state index >= 15 is 4.79 Å². The van der Waals surface area contributed by atoms with Crippen molar-refractivity contribution in [2.24, 2.45) is 11.8 Å². The van der Waals surface area contributed by atoms with E-state index in [0.29, 0.717) is 22.0 Å². The van der Waals surface area contributed by atoms with Gasteiger partial charge in [0.25, 0.3) is 0 Å². The summed E-state index contributed by atoms with van der Waals surface area (Å²) in [6.45, 7) is 5.63. The van der Waals surface area contributed by atoms with E-state index in [2.05, 4.69) is 21.2 Å². The van der Waals surface area contributed by atoms with Gasteiger partial charge in [0.15, 0.2) is 0 Å². The van der Waals surface area contributed by atoms with Gasteiger partial charge in [0.2, 0.25) is 17.7 Å². The van der Waals surface area contributed by atoms with E-state index in [1.54, 1.807) is 17.9 Å². The maximum absolute atomic E-state index is 15.1. The first kappa shape index (κ1) is 35.0. The number of carbonyl (C=O) groups is 4. The van der Waals surface area contributed by atoms with Crippen LogP contribution in [0.2, 0.25) is 0 Å². The topological polar surface area (TPSA) is 125 Å². The Morgan fingerprint density at radius 3 is 2.37 bits per heavy atom. The maximum Gasteiger partial charge on any atom is 0.313 e. The van der Waals surface area contributed by atoms with Crippen LogP contribution in [0.25, 0.3) is 0 Å². The number of cyclic esters (lactones) is 1. The van der Waals surface area contributed by atoms with Crippen molar-refractivity contribution in [2.75, 3.05) is 13.2 Å². The molecule has 2 N–H and O–H groups in total. The second-order valence-electron chi connectivity index (χ2n) is 13.4. The number of esters is 1. The van der Waals surface area contributed by atoms with E-state index in [1.807, 2.05) is 86.7 Å². The van der Waals surface area contributed by atoms with Crippen LogP contribution in [0, 0.1) is 11.8 Å². The highest BCUT2D eigenvalue weighted by molar-refractivity contribution is 9.11. The lowest BCUT2D eigenvalue weighted by Gasteiger charge is -2.40. The van der Waals surface area contributed by atoms with Gasteiger partial charge in [0, 0.05) is 23.5 Å². The van der Waals surface area contributed by atoms with Gasteiger partial charge in [0.05, 0.1) is 24.6 Å². The molecule has 11 heteroatoms. The van der Waals surface area contributed by atoms with Crippen molar-refractivity contribution in [1.29, 1.82) is 0 Å². The zero-order chi connectivity index (χ0) is 34.9. The van der Waals surface area contributed by atoms with Gasteiger partial charge in [-0.25, -0.2) is 0 Å². The molecule has 4 heterocycles. The zero-order valence-electron chi connectivity index (χ0n) is 28.0. The largest absolute Gasteiger partial charge is 0.455 e. The van der Waals surface area contributed by atoms with E-state index in [0.717, 1.165) is 12.8 Å². The SMILES string of the molecule is CCCC(C)N1C/C=C\CCC(=O)N[C@H](C)[C@@H](c2ccccc2)OC(=O)[C@@H]2[C@H]3O[C@@]4(C=C3Br)[C@H](C1=O)N([C@H](CO)c1ccccc1)C(=O)[C@@H]24. The second-order valence-corrected chi connectivity index (χ2v) is 14.4. The number of hydrogen-bond donors (Lipinski definition) is 2. The Labute approximate surface area is 295 Å². The van der Waals surface area contributed by atoms with Gasteiger partial charge in [-0.2, -0.15) is 0 Å². The van der Waals surface area contributed by atoms with Gasteiger partial charge < -0.3 is 29.7 Å². The summed E-state index contributed by atoms with van der Waals surface area (Å²) in [5.41, 5.74) is -0.145. The molecule has 1 unspecified atom stereocenters. The normalized spacial score (nSPS) is 32.3. The molecule has 0 radical (unpaired) electrons. The van der Waals surface area contributed by atoms with Gasteiger partial charge in [-0.3, -0.25) is 19.2 Å². The smallest absolute Gasteiger partial charge is 0.313 e. The molecule has 260 valence electrons. The summed E-state index contributed by atoms with van der Waals surface area (Å²) in [7, 11) is 0. The summed E-state index contributed by atoms with van der Waals surface area (Å²) < 4.78 is 13.5. The maximum atomic E-state index is 15.1. The Hall–Kier alpha value is -3.80. The van der Waals surface area contributed by atoms with E-state index in [1.165, 1.54) is 4.90 Å². The molecule has 5 bridgehead atoms. The summed E-state index contributed by atoms with van der Waals surface area (Å²) in [6, 6.07) is 15.5. The molecule has 10 nitrogen and oxygen atoms in total. The molecule has 6 rings (SSSR count). The van der Waals surface area contributed by atoms with Crippen LogP contribution in [0.4, 0.5) is 0 Å². The van der Waals surface area contributed by atoms with Gasteiger partial charge in [-0.15, -0.1) is 0 Å². The average Bonchev–Trinajstić information content (AvgIpc) is 3.69. The van der Waals surface area contributed by atoms with Crippen LogP contribution in [-0.4, -0.2) is 81.6 Å². The number of nitrogens with zero attached hydrogens (tertiary/aromatic N) is 2. The molecule has 0 aromatic heterocycles. The first-order chi connectivity index (χ1) is 23.6. The second kappa shape index (κ2) is 14.6. The number of aliphatic hydroxyl groups excluding tert-OH is 1. The van der Waals surface area contributed by atoms with Crippen molar-refractivity contribution in [1.82, 2.24) is 15.1 Å². The predicted molar refractivity (Wildman–Crippen MR) is 186 cm³/mol. The third-order valence-electron chi connectivity index (χ3n) is 10.3. The number of aliphatic hydroxyl groups is 1. The van der Waals surface area contributed by atoms with Crippen LogP contribution >= 0.6 is 15.9 Å². The molecule has 4 aliphatic rings. The third kappa shape index (κ3) is 6.37. The summed E-state index contributed by atoms with van der Waals surface area (Å²) in [5.74, 6) is -3.83. The Kier molecular flexibility index (Phi) is 10.4. The molecule has 9 atom stereocenters. The molecule has 2 saturated heterocycles. The van der Waals surface area contributed by atoms with Crippen molar-refractivity contribution in [2.45, 2.75) is 88.4 Å². The number of nitrogens with one attached hydrogen (secondary N) is 1. The quantitative estimate of drug-likeness (QED) is 0.311. The van der Waals surface area contributed by atoms with Gasteiger partial charge in [-0.1, -0.05) is 102 Å². The Morgan fingerprint density at radius 2 is 1.69 bits per heavy atom. The van der Waals surface area contributed by atoms with Crippen molar-refractivity contribution in [3.63, 3.8) is 0 Å². The number of fused-ring (bicyclic) bond motifs is 2. The molecule has 2 fully saturated rings. The number of hydrogen-bond acceptors (Lipinski definition) is 7. The monoisotopic (exact) mass is 733 g/mol. The lowest BCUT2D eigenvalue weighted by Crippen LogP contribution is -2.58. The number of benzene rings is 2. The summed E-state index contributed by atoms with van der Waals surface area (Å²) in [4.78, 5) is 60.7. The molecule has 2 aromatic carbocycles. The van der Waals surface area contributed by atoms with E-state index in [4.69, 9.17) is 9.47 Å². The number of carbonyl (C=O) groups excluding carboxylic acids is 4. The molecule has 4 aliphatic heterocycles. The van der Waals surface area contributed by atoms with Gasteiger partial charge in [-0.05, 0) is 43.9 Å². The fraction of sp³-hybridized carbons (Fsp3) is 0.474. The molecule has 49 heavy (non-hydrogen) atoms. The summed E-state index contributed by atoms with van der Waals surface area (Å²) in [5, 5.41) is 13.9. The first-order valence-corrected chi connectivity index (χ1v) is 18.0. The third-order valence-corrected chi connectivity index (χ3v) is 11.0. The predicted octanol–water partition coefficient (Wildman–Crippen LogP) is 4.75. The highest BCUT2D eigenvalue weighted by Gasteiger charge is 2.75. The minimum absolute atomic E-state index is 0.191. The molecule has 0 saturated carbocycles. The molecule has 1 spiro atoms. The van der Waals surface area contributed by atoms with Crippen LogP contribution in [0.3, 0.4) is 0 Å². The molecule has 2 aromatic rings. The Morgan fingerprint density at radius 1 is 1.00 bits per heavy atom. The van der Waals surface area contributed by atoms with E-state index < -0.39 is 66.3 Å². The summed E-state index contributed by atoms with van der Waals surface area (Å²) in [6.07, 6.45) is 6.05. The van der Waals surface area contributed by atoms with Gasteiger partial charge >= 0.3 is 5.97 Å². The van der Waals surface area contributed by atoms with Crippen molar-refractivity contribution in [3.8, 4) is 0 Å². The molecule has 0 aliphatic carbocycles. The lowest BCUT2D eigenvalue weighted by molar-refractivity contribution is -0.162. The van der Waals surface area contributed by atoms with E-state index in [-0.39, 0.29) is 30.8 Å². The molecule has 3 amide bonds. The Balaban J connectivity index is 1.50. The number of allylic oxidation sites excluding steroid dienone is 1. The summed E-state index contributed by atoms with van der Waals surface area (Å²) >= 11 is 3.62. The van der Waals surface area contributed by atoms with Crippen molar-refractivity contribution >= 4 is 39.6 Å². The molecular formula is C38H44BrN3O7. The lowest BCUT2D eigenvalue weighted by atomic mass is 9.74. The fourth-order valence-electron chi connectivity index (χ4n) is 8.02. The van der Waals surface area contributed by atoms with Crippen molar-refractivity contribution in [3.05, 3.63) is 94.5 Å². The number of rotatable bonds is 7. The average molecular weight is 735 g/mol. The van der Waals surface area contributed by atoms with Crippen LogP contribution in [0.1, 0.15) is 69.7 Å². The number of halogens is 1. The van der Waals surface area contributed by atoms with Crippen LogP contribution in [-0.2, 0) is 28.7 Å². The standard InChI is InChI=1S/C38H44BrN3O7/c1-4-14-23(2)41-20-13-7-12-19-29(44)40-24(3)32(26-17-10-6-11-18-26)48-37(47)30-31-35(45)42(28(22-43)25-15-8-5-9-16-25)34(36(41)46)38(31)21-27(39)33(30)49-38/h5-11,13,15-18,21,23-24,28,30-34,43H,4,12,14,19-20,22H2,1-3H3,(H,40,44)/b13-7-/t23?,24-,28-,30+,31-,32+,33+,34+,38-/m1/s1. The zero-order valence-corrected chi connectivity index (χ0v) is 29.6. The van der Waals surface area contributed by atoms with Crippen LogP contribution in [0.5, 0.6) is 0 Å². The highest BCUT2D eigenvalue weighted by Crippen LogP contribution is 2.60. The van der Waals surface area contributed by atoms with E-state index in [9.17, 15) is 19.5 Å². The number of amides is 3. The number of likely N-dealkylation sites (tertiary alicyclic amines) is 1. The minimum atomic E-state index is -1.49. The molecular weight excluding hydrogens is 690 g/mol. The number of ether oxygens (including phenoxy) is 2. The van der Waals surface area contributed by atoms with Crippen LogP contribution < -0.4 is 5.32 Å². The van der Waals surface area contributed by atoms with Crippen molar-refractivity contribution < 1.29 is 33.8 Å². The minimum Gasteiger partial charge on any atom is -0.455 e. The van der Waals surface area contributed by atoms with Crippen LogP contribution in [0.15, 0.2) is 83.4 Å². The fourth-order valence-corrected chi connectivity index (χ4v) is 8.75. The Bertz CT molecular complexity index is 1620. The highest BCUT2D eigenvalue weighted by atomic mass is 79.9. The van der Waals surface area contributed by atoms with Gasteiger partial charge in [0.1, 0.15) is 29.8 Å². The first-order valence-electron chi connectivity index (χ1n) is 17.2.